The van der Waals surface area contributed by atoms with Gasteiger partial charge in [0.2, 0.25) is 0 Å². The van der Waals surface area contributed by atoms with Gasteiger partial charge in [-0.3, -0.25) is 14.2 Å². The Labute approximate surface area is 132 Å². The van der Waals surface area contributed by atoms with E-state index >= 15 is 0 Å². The molecule has 22 heavy (non-hydrogen) atoms. The molecule has 0 bridgehead atoms. The van der Waals surface area contributed by atoms with Crippen LogP contribution in [0.3, 0.4) is 0 Å². The van der Waals surface area contributed by atoms with Gasteiger partial charge in [0.05, 0.1) is 11.6 Å². The number of rotatable bonds is 9. The zero-order valence-electron chi connectivity index (χ0n) is 11.5. The van der Waals surface area contributed by atoms with Gasteiger partial charge in [0, 0.05) is 23.7 Å². The lowest BCUT2D eigenvalue weighted by atomic mass is 9.99. The Morgan fingerprint density at radius 2 is 2.00 bits per heavy atom. The second-order valence-electron chi connectivity index (χ2n) is 4.71. The van der Waals surface area contributed by atoms with Gasteiger partial charge in [-0.1, -0.05) is 17.7 Å². The lowest BCUT2D eigenvalue weighted by molar-refractivity contribution is -0.142. The van der Waals surface area contributed by atoms with Crippen LogP contribution >= 0.6 is 19.6 Å². The fraction of sp³-hybridized carbons (Fsp3) is 0.385. The zero-order chi connectivity index (χ0) is 16.7. The number of halogens is 1. The highest BCUT2D eigenvalue weighted by atomic mass is 35.5. The normalized spacial score (nSPS) is 14.8. The molecule has 0 radical (unpaired) electrons. The summed E-state index contributed by atoms with van der Waals surface area (Å²) in [5.41, 5.74) is -0.482. The molecule has 0 heterocycles. The summed E-state index contributed by atoms with van der Waals surface area (Å²) in [5.74, 6) is -3.64. The average molecular weight is 350 g/mol. The molecule has 3 unspecified atom stereocenters. The van der Waals surface area contributed by atoms with Crippen molar-refractivity contribution in [3.8, 4) is 0 Å². The number of aliphatic carboxylic acids is 2. The van der Waals surface area contributed by atoms with Crippen molar-refractivity contribution >= 4 is 37.3 Å². The molecule has 1 aromatic rings. The summed E-state index contributed by atoms with van der Waals surface area (Å²) in [5, 5.41) is 21.2. The lowest BCUT2D eigenvalue weighted by Gasteiger charge is -2.22. The first-order valence-corrected chi connectivity index (χ1v) is 8.29. The van der Waals surface area contributed by atoms with Crippen LogP contribution in [0.5, 0.6) is 0 Å². The minimum atomic E-state index is -3.16. The number of hydrogen-bond donors (Lipinski definition) is 4. The molecule has 4 N–H and O–H groups in total. The van der Waals surface area contributed by atoms with Crippen molar-refractivity contribution in [2.75, 3.05) is 11.9 Å². The van der Waals surface area contributed by atoms with Gasteiger partial charge in [-0.15, -0.1) is 0 Å². The van der Waals surface area contributed by atoms with Crippen LogP contribution in [0, 0.1) is 5.92 Å². The van der Waals surface area contributed by atoms with Gasteiger partial charge in [0.25, 0.3) is 0 Å². The standard InChI is InChI=1S/C13H17ClNO6P/c14-8-2-1-3-9(6-8)15-7-11(22(20)21)10(13(18)19)4-5-12(16)17/h1-3,6,10-11,15,22H,4-5,7H2,(H,16,17)(H,18,19)(H,20,21). The third-order valence-corrected chi connectivity index (χ3v) is 4.62. The molecular formula is C13H17ClNO6P. The van der Waals surface area contributed by atoms with Gasteiger partial charge in [0.15, 0.2) is 8.03 Å². The van der Waals surface area contributed by atoms with E-state index in [1.165, 1.54) is 0 Å². The number of carboxylic acid groups (broad SMARTS) is 2. The second kappa shape index (κ2) is 8.78. The number of anilines is 1. The predicted molar refractivity (Wildman–Crippen MR) is 82.9 cm³/mol. The van der Waals surface area contributed by atoms with E-state index in [4.69, 9.17) is 16.7 Å². The first-order valence-electron chi connectivity index (χ1n) is 6.48. The number of benzene rings is 1. The molecule has 0 saturated heterocycles. The van der Waals surface area contributed by atoms with Crippen molar-refractivity contribution in [3.63, 3.8) is 0 Å². The Hall–Kier alpha value is -1.56. The molecule has 0 aromatic heterocycles. The van der Waals surface area contributed by atoms with Gasteiger partial charge in [0.1, 0.15) is 0 Å². The van der Waals surface area contributed by atoms with E-state index in [0.717, 1.165) is 0 Å². The molecule has 0 fully saturated rings. The maximum absolute atomic E-state index is 11.5. The molecule has 7 nitrogen and oxygen atoms in total. The molecule has 0 saturated carbocycles. The van der Waals surface area contributed by atoms with E-state index in [0.29, 0.717) is 10.7 Å². The molecule has 9 heteroatoms. The van der Waals surface area contributed by atoms with Crippen LogP contribution in [0.1, 0.15) is 12.8 Å². The minimum Gasteiger partial charge on any atom is -0.481 e. The Kier molecular flexibility index (Phi) is 7.38. The molecule has 1 aromatic carbocycles. The maximum atomic E-state index is 11.5. The topological polar surface area (TPSA) is 124 Å². The number of hydrogen-bond acceptors (Lipinski definition) is 4. The summed E-state index contributed by atoms with van der Waals surface area (Å²) in [6, 6.07) is 6.62. The van der Waals surface area contributed by atoms with Crippen molar-refractivity contribution in [3.05, 3.63) is 29.3 Å². The predicted octanol–water partition coefficient (Wildman–Crippen LogP) is 2.15. The summed E-state index contributed by atoms with van der Waals surface area (Å²) in [4.78, 5) is 31.2. The third kappa shape index (κ3) is 6.05. The fourth-order valence-corrected chi connectivity index (χ4v) is 3.12. The summed E-state index contributed by atoms with van der Waals surface area (Å²) in [7, 11) is -3.16. The van der Waals surface area contributed by atoms with Crippen LogP contribution in [0.4, 0.5) is 5.69 Å². The summed E-state index contributed by atoms with van der Waals surface area (Å²) >= 11 is 5.82. The Balaban J connectivity index is 2.79. The summed E-state index contributed by atoms with van der Waals surface area (Å²) in [6.45, 7) is -0.0643. The van der Waals surface area contributed by atoms with E-state index in [1.807, 2.05) is 0 Å². The molecule has 0 amide bonds. The molecule has 122 valence electrons. The van der Waals surface area contributed by atoms with Crippen molar-refractivity contribution < 1.29 is 29.3 Å². The Bertz CT molecular complexity index is 567. The fourth-order valence-electron chi connectivity index (χ4n) is 2.00. The van der Waals surface area contributed by atoms with Crippen molar-refractivity contribution in [2.24, 2.45) is 5.92 Å². The van der Waals surface area contributed by atoms with Gasteiger partial charge in [-0.05, 0) is 24.6 Å². The smallest absolute Gasteiger partial charge is 0.307 e. The van der Waals surface area contributed by atoms with Crippen molar-refractivity contribution in [1.82, 2.24) is 0 Å². The zero-order valence-corrected chi connectivity index (χ0v) is 13.3. The molecular weight excluding hydrogens is 333 g/mol. The SMILES string of the molecule is O=C(O)CCC(C(=O)O)C(CNc1cccc(Cl)c1)[PH](=O)O. The molecule has 0 aliphatic carbocycles. The van der Waals surface area contributed by atoms with Gasteiger partial charge in [-0.2, -0.15) is 0 Å². The van der Waals surface area contributed by atoms with E-state index in [-0.39, 0.29) is 19.4 Å². The third-order valence-electron chi connectivity index (χ3n) is 3.14. The number of carbonyl (C=O) groups is 2. The molecule has 0 aliphatic heterocycles. The largest absolute Gasteiger partial charge is 0.481 e. The van der Waals surface area contributed by atoms with Gasteiger partial charge in [-0.25, -0.2) is 0 Å². The number of nitrogens with one attached hydrogen (secondary N) is 1. The van der Waals surface area contributed by atoms with Crippen molar-refractivity contribution in [1.29, 1.82) is 0 Å². The first kappa shape index (κ1) is 18.5. The molecule has 1 rings (SSSR count). The first-order chi connectivity index (χ1) is 10.3. The van der Waals surface area contributed by atoms with Crippen LogP contribution in [0.25, 0.3) is 0 Å². The van der Waals surface area contributed by atoms with Crippen LogP contribution in [0.15, 0.2) is 24.3 Å². The van der Waals surface area contributed by atoms with Crippen LogP contribution < -0.4 is 5.32 Å². The van der Waals surface area contributed by atoms with Crippen LogP contribution in [0.2, 0.25) is 5.02 Å². The lowest BCUT2D eigenvalue weighted by Crippen LogP contribution is -2.32. The van der Waals surface area contributed by atoms with E-state index < -0.39 is 31.5 Å². The highest BCUT2D eigenvalue weighted by Crippen LogP contribution is 2.32. The quantitative estimate of drug-likeness (QED) is 0.503. The van der Waals surface area contributed by atoms with Crippen LogP contribution in [-0.4, -0.2) is 39.2 Å². The van der Waals surface area contributed by atoms with E-state index in [9.17, 15) is 24.2 Å². The summed E-state index contributed by atoms with van der Waals surface area (Å²) < 4.78 is 11.5. The van der Waals surface area contributed by atoms with Gasteiger partial charge >= 0.3 is 11.9 Å². The Morgan fingerprint density at radius 3 is 2.50 bits per heavy atom. The highest BCUT2D eigenvalue weighted by molar-refractivity contribution is 7.39. The summed E-state index contributed by atoms with van der Waals surface area (Å²) in [6.07, 6.45) is -0.580. The highest BCUT2D eigenvalue weighted by Gasteiger charge is 2.32. The monoisotopic (exact) mass is 349 g/mol. The average Bonchev–Trinajstić information content (AvgIpc) is 2.41. The number of carboxylic acids is 2. The molecule has 3 atom stereocenters. The maximum Gasteiger partial charge on any atom is 0.307 e. The molecule has 0 spiro atoms. The van der Waals surface area contributed by atoms with Crippen molar-refractivity contribution in [2.45, 2.75) is 18.5 Å². The second-order valence-corrected chi connectivity index (χ2v) is 6.57. The van der Waals surface area contributed by atoms with Gasteiger partial charge < -0.3 is 20.4 Å². The Morgan fingerprint density at radius 1 is 1.32 bits per heavy atom. The van der Waals surface area contributed by atoms with E-state index in [2.05, 4.69) is 5.32 Å². The molecule has 0 aliphatic rings. The minimum absolute atomic E-state index is 0.0643. The van der Waals surface area contributed by atoms with E-state index in [1.54, 1.807) is 24.3 Å². The van der Waals surface area contributed by atoms with Crippen LogP contribution in [-0.2, 0) is 14.2 Å².